The van der Waals surface area contributed by atoms with Crippen molar-refractivity contribution in [2.75, 3.05) is 28.6 Å². The molecule has 6 nitrogen and oxygen atoms in total. The Bertz CT molecular complexity index is 607. The third-order valence-electron chi connectivity index (χ3n) is 3.61. The van der Waals surface area contributed by atoms with Crippen molar-refractivity contribution in [3.05, 3.63) is 35.8 Å². The number of aromatic nitrogens is 1. The fourth-order valence-corrected chi connectivity index (χ4v) is 2.95. The zero-order valence-corrected chi connectivity index (χ0v) is 12.8. The number of hydrogen-bond donors (Lipinski definition) is 3. The Morgan fingerprint density at radius 2 is 1.95 bits per heavy atom. The second-order valence-electron chi connectivity index (χ2n) is 5.18. The maximum Gasteiger partial charge on any atom is 0.325 e. The molecule has 0 bridgehead atoms. The largest absolute Gasteiger partial charge is 0.393 e. The third kappa shape index (κ3) is 3.75. The summed E-state index contributed by atoms with van der Waals surface area (Å²) < 4.78 is 0. The summed E-state index contributed by atoms with van der Waals surface area (Å²) in [6, 6.07) is 7.42. The lowest BCUT2D eigenvalue weighted by Gasteiger charge is -2.31. The monoisotopic (exact) mass is 318 g/mol. The number of nitrogens with one attached hydrogen (secondary N) is 2. The highest BCUT2D eigenvalue weighted by Gasteiger charge is 2.17. The molecule has 1 aromatic carbocycles. The minimum Gasteiger partial charge on any atom is -0.393 e. The van der Waals surface area contributed by atoms with Gasteiger partial charge in [-0.3, -0.25) is 5.32 Å². The maximum absolute atomic E-state index is 11.8. The molecule has 0 saturated carbocycles. The zero-order valence-electron chi connectivity index (χ0n) is 12.0. The number of benzene rings is 1. The molecule has 0 radical (unpaired) electrons. The zero-order chi connectivity index (χ0) is 15.4. The first kappa shape index (κ1) is 14.8. The molecule has 1 fully saturated rings. The molecule has 1 aliphatic rings. The molecule has 0 unspecified atom stereocenters. The average molecular weight is 318 g/mol. The molecule has 7 heteroatoms. The van der Waals surface area contributed by atoms with E-state index in [1.54, 1.807) is 11.6 Å². The number of rotatable bonds is 3. The van der Waals surface area contributed by atoms with Crippen molar-refractivity contribution < 1.29 is 9.90 Å². The van der Waals surface area contributed by atoms with Gasteiger partial charge in [0.15, 0.2) is 5.13 Å². The van der Waals surface area contributed by atoms with Gasteiger partial charge in [-0.15, -0.1) is 11.3 Å². The molecule has 116 valence electrons. The van der Waals surface area contributed by atoms with Crippen molar-refractivity contribution in [3.8, 4) is 0 Å². The van der Waals surface area contributed by atoms with Crippen LogP contribution in [0.1, 0.15) is 12.8 Å². The van der Waals surface area contributed by atoms with E-state index in [9.17, 15) is 9.90 Å². The summed E-state index contributed by atoms with van der Waals surface area (Å²) in [6.07, 6.45) is 3.07. The van der Waals surface area contributed by atoms with Gasteiger partial charge in [-0.25, -0.2) is 9.78 Å². The Hall–Kier alpha value is -2.12. The Labute approximate surface area is 132 Å². The van der Waals surface area contributed by atoms with E-state index in [-0.39, 0.29) is 12.1 Å². The average Bonchev–Trinajstić information content (AvgIpc) is 3.02. The third-order valence-corrected chi connectivity index (χ3v) is 4.30. The maximum atomic E-state index is 11.8. The molecular formula is C15H18N4O2S. The predicted molar refractivity (Wildman–Crippen MR) is 88.7 cm³/mol. The van der Waals surface area contributed by atoms with Crippen LogP contribution in [-0.4, -0.2) is 35.3 Å². The summed E-state index contributed by atoms with van der Waals surface area (Å²) in [5, 5.41) is 17.4. The van der Waals surface area contributed by atoms with Crippen LogP contribution in [0.15, 0.2) is 35.8 Å². The lowest BCUT2D eigenvalue weighted by atomic mass is 10.1. The van der Waals surface area contributed by atoms with E-state index >= 15 is 0 Å². The van der Waals surface area contributed by atoms with Crippen LogP contribution in [-0.2, 0) is 0 Å². The molecule has 2 aromatic rings. The van der Waals surface area contributed by atoms with Gasteiger partial charge in [0.25, 0.3) is 0 Å². The van der Waals surface area contributed by atoms with E-state index in [0.717, 1.165) is 37.3 Å². The van der Waals surface area contributed by atoms with Crippen LogP contribution >= 0.6 is 11.3 Å². The van der Waals surface area contributed by atoms with E-state index in [4.69, 9.17) is 0 Å². The summed E-state index contributed by atoms with van der Waals surface area (Å²) >= 11 is 1.37. The van der Waals surface area contributed by atoms with Gasteiger partial charge in [-0.1, -0.05) is 0 Å². The summed E-state index contributed by atoms with van der Waals surface area (Å²) in [7, 11) is 0. The van der Waals surface area contributed by atoms with Crippen molar-refractivity contribution in [2.45, 2.75) is 18.9 Å². The molecule has 1 saturated heterocycles. The topological polar surface area (TPSA) is 77.5 Å². The molecule has 0 atom stereocenters. The Morgan fingerprint density at radius 1 is 1.23 bits per heavy atom. The number of amides is 2. The van der Waals surface area contributed by atoms with Gasteiger partial charge < -0.3 is 15.3 Å². The lowest BCUT2D eigenvalue weighted by Crippen LogP contribution is -2.35. The van der Waals surface area contributed by atoms with Crippen LogP contribution in [0.3, 0.4) is 0 Å². The van der Waals surface area contributed by atoms with Crippen molar-refractivity contribution >= 4 is 33.9 Å². The summed E-state index contributed by atoms with van der Waals surface area (Å²) in [4.78, 5) is 18.0. The van der Waals surface area contributed by atoms with Crippen molar-refractivity contribution in [1.29, 1.82) is 0 Å². The van der Waals surface area contributed by atoms with E-state index in [1.165, 1.54) is 11.3 Å². The molecule has 3 rings (SSSR count). The van der Waals surface area contributed by atoms with E-state index in [2.05, 4.69) is 20.5 Å². The van der Waals surface area contributed by atoms with Crippen LogP contribution < -0.4 is 15.5 Å². The Kier molecular flexibility index (Phi) is 4.55. The molecule has 0 aliphatic carbocycles. The number of anilines is 3. The lowest BCUT2D eigenvalue weighted by molar-refractivity contribution is 0.145. The van der Waals surface area contributed by atoms with E-state index < -0.39 is 0 Å². The SMILES string of the molecule is O=C(Nc1ccc(N2CCC(O)CC2)cc1)Nc1nccs1. The minimum absolute atomic E-state index is 0.174. The number of piperidine rings is 1. The summed E-state index contributed by atoms with van der Waals surface area (Å²) in [5.41, 5.74) is 1.84. The molecule has 1 aromatic heterocycles. The number of aliphatic hydroxyl groups excluding tert-OH is 1. The highest BCUT2D eigenvalue weighted by Crippen LogP contribution is 2.22. The second kappa shape index (κ2) is 6.76. The summed E-state index contributed by atoms with van der Waals surface area (Å²) in [6.45, 7) is 1.72. The smallest absolute Gasteiger partial charge is 0.325 e. The molecule has 2 amide bonds. The summed E-state index contributed by atoms with van der Waals surface area (Å²) in [5.74, 6) is 0. The highest BCUT2D eigenvalue weighted by atomic mass is 32.1. The second-order valence-corrected chi connectivity index (χ2v) is 6.08. The fourth-order valence-electron chi connectivity index (χ4n) is 2.42. The number of urea groups is 1. The van der Waals surface area contributed by atoms with Gasteiger partial charge in [0, 0.05) is 36.0 Å². The number of carbonyl (C=O) groups excluding carboxylic acids is 1. The molecule has 22 heavy (non-hydrogen) atoms. The van der Waals surface area contributed by atoms with E-state index in [0.29, 0.717) is 5.13 Å². The number of aliphatic hydroxyl groups is 1. The van der Waals surface area contributed by atoms with Crippen LogP contribution in [0, 0.1) is 0 Å². The van der Waals surface area contributed by atoms with Gasteiger partial charge >= 0.3 is 6.03 Å². The Morgan fingerprint density at radius 3 is 2.59 bits per heavy atom. The van der Waals surface area contributed by atoms with Crippen molar-refractivity contribution in [3.63, 3.8) is 0 Å². The molecule has 1 aliphatic heterocycles. The number of nitrogens with zero attached hydrogens (tertiary/aromatic N) is 2. The predicted octanol–water partition coefficient (Wildman–Crippen LogP) is 2.75. The van der Waals surface area contributed by atoms with Gasteiger partial charge in [0.2, 0.25) is 0 Å². The molecular weight excluding hydrogens is 300 g/mol. The van der Waals surface area contributed by atoms with Gasteiger partial charge in [-0.2, -0.15) is 0 Å². The first-order valence-corrected chi connectivity index (χ1v) is 8.09. The molecule has 3 N–H and O–H groups in total. The minimum atomic E-state index is -0.302. The quantitative estimate of drug-likeness (QED) is 0.813. The standard InChI is InChI=1S/C15H18N4O2S/c20-13-5-8-19(9-6-13)12-3-1-11(2-4-12)17-14(21)18-15-16-7-10-22-15/h1-4,7,10,13,20H,5-6,8-9H2,(H2,16,17,18,21). The van der Waals surface area contributed by atoms with Gasteiger partial charge in [0.1, 0.15) is 0 Å². The van der Waals surface area contributed by atoms with Crippen molar-refractivity contribution in [1.82, 2.24) is 4.98 Å². The number of hydrogen-bond acceptors (Lipinski definition) is 5. The number of thiazole rings is 1. The van der Waals surface area contributed by atoms with Crippen LogP contribution in [0.4, 0.5) is 21.3 Å². The highest BCUT2D eigenvalue weighted by molar-refractivity contribution is 7.13. The van der Waals surface area contributed by atoms with E-state index in [1.807, 2.05) is 24.3 Å². The Balaban J connectivity index is 1.56. The van der Waals surface area contributed by atoms with Crippen LogP contribution in [0.25, 0.3) is 0 Å². The first-order valence-electron chi connectivity index (χ1n) is 7.21. The first-order chi connectivity index (χ1) is 10.7. The van der Waals surface area contributed by atoms with Crippen molar-refractivity contribution in [2.24, 2.45) is 0 Å². The molecule has 2 heterocycles. The van der Waals surface area contributed by atoms with Crippen LogP contribution in [0.5, 0.6) is 0 Å². The molecule has 0 spiro atoms. The van der Waals surface area contributed by atoms with Gasteiger partial charge in [0.05, 0.1) is 6.10 Å². The van der Waals surface area contributed by atoms with Crippen LogP contribution in [0.2, 0.25) is 0 Å². The number of carbonyl (C=O) groups is 1. The fraction of sp³-hybridized carbons (Fsp3) is 0.333. The normalized spacial score (nSPS) is 15.6. The van der Waals surface area contributed by atoms with Gasteiger partial charge in [-0.05, 0) is 37.1 Å².